The van der Waals surface area contributed by atoms with E-state index in [9.17, 15) is 4.39 Å². The smallest absolute Gasteiger partial charge is 0.123 e. The zero-order chi connectivity index (χ0) is 18.4. The molecule has 3 atom stereocenters. The summed E-state index contributed by atoms with van der Waals surface area (Å²) in [6, 6.07) is 16.9. The lowest BCUT2D eigenvalue weighted by molar-refractivity contribution is -0.00869. The first kappa shape index (κ1) is 17.2. The maximum atomic E-state index is 13.3. The maximum absolute atomic E-state index is 13.3. The van der Waals surface area contributed by atoms with Crippen LogP contribution in [0.1, 0.15) is 29.9 Å². The maximum Gasteiger partial charge on any atom is 0.123 e. The number of methoxy groups -OCH3 is 1. The van der Waals surface area contributed by atoms with Gasteiger partial charge in [0.2, 0.25) is 0 Å². The Morgan fingerprint density at radius 2 is 1.67 bits per heavy atom. The van der Waals surface area contributed by atoms with Crippen molar-refractivity contribution < 1.29 is 9.13 Å². The van der Waals surface area contributed by atoms with Crippen LogP contribution in [0.4, 0.5) is 4.39 Å². The fraction of sp³-hybridized carbons (Fsp3) is 0.478. The van der Waals surface area contributed by atoms with Gasteiger partial charge in [-0.25, -0.2) is 4.39 Å². The summed E-state index contributed by atoms with van der Waals surface area (Å²) >= 11 is 0. The molecule has 2 aromatic carbocycles. The molecule has 4 saturated heterocycles. The van der Waals surface area contributed by atoms with Gasteiger partial charge in [0.15, 0.2) is 0 Å². The molecule has 4 heteroatoms. The van der Waals surface area contributed by atoms with E-state index in [1.165, 1.54) is 37.1 Å². The van der Waals surface area contributed by atoms with E-state index in [0.717, 1.165) is 24.8 Å². The first-order valence-corrected chi connectivity index (χ1v) is 10.1. The molecule has 4 aliphatic heterocycles. The predicted molar refractivity (Wildman–Crippen MR) is 104 cm³/mol. The van der Waals surface area contributed by atoms with Crippen LogP contribution in [0.25, 0.3) is 0 Å². The average Bonchev–Trinajstić information content (AvgIpc) is 3.12. The van der Waals surface area contributed by atoms with E-state index < -0.39 is 0 Å². The van der Waals surface area contributed by atoms with Crippen LogP contribution in [0.3, 0.4) is 0 Å². The van der Waals surface area contributed by atoms with Gasteiger partial charge in [-0.3, -0.25) is 9.80 Å². The molecule has 4 fully saturated rings. The van der Waals surface area contributed by atoms with Gasteiger partial charge >= 0.3 is 0 Å². The third-order valence-electron chi connectivity index (χ3n) is 6.94. The second-order valence-corrected chi connectivity index (χ2v) is 8.29. The Kier molecular flexibility index (Phi) is 4.41. The third kappa shape index (κ3) is 3.05. The minimum Gasteiger partial charge on any atom is -0.497 e. The molecule has 6 rings (SSSR count). The van der Waals surface area contributed by atoms with Crippen molar-refractivity contribution in [2.24, 2.45) is 5.92 Å². The van der Waals surface area contributed by atoms with Crippen LogP contribution < -0.4 is 4.74 Å². The number of piperidine rings is 3. The Bertz CT molecular complexity index is 783. The number of fused-ring (bicyclic) bond motifs is 2. The molecule has 0 N–H and O–H groups in total. The minimum absolute atomic E-state index is 0.156. The van der Waals surface area contributed by atoms with Crippen LogP contribution in [0, 0.1) is 11.7 Å². The van der Waals surface area contributed by atoms with Crippen molar-refractivity contribution in [1.82, 2.24) is 9.80 Å². The number of ether oxygens (including phenoxy) is 1. The summed E-state index contributed by atoms with van der Waals surface area (Å²) in [5.41, 5.74) is 2.63. The largest absolute Gasteiger partial charge is 0.497 e. The van der Waals surface area contributed by atoms with Crippen molar-refractivity contribution in [2.45, 2.75) is 37.4 Å². The van der Waals surface area contributed by atoms with Crippen molar-refractivity contribution in [2.75, 3.05) is 26.7 Å². The zero-order valence-electron chi connectivity index (χ0n) is 15.9. The number of hydrogen-bond acceptors (Lipinski definition) is 3. The fourth-order valence-corrected chi connectivity index (χ4v) is 5.69. The first-order chi connectivity index (χ1) is 13.2. The van der Waals surface area contributed by atoms with E-state index in [1.54, 1.807) is 19.2 Å². The van der Waals surface area contributed by atoms with Gasteiger partial charge < -0.3 is 4.74 Å². The molecule has 2 bridgehead atoms. The molecule has 0 saturated carbocycles. The standard InChI is InChI=1S/C23H27FN2O/c1-27-20-8-4-17(5-9-20)21-15-26(14-16-2-6-19(24)7-3-16)22-18-10-12-25(13-11-18)23(21)22/h2-9,18,21-23H,10-15H2,1H3/t21-,22+,23+/m0/s1. The number of nitrogens with zero attached hydrogens (tertiary/aromatic N) is 2. The summed E-state index contributed by atoms with van der Waals surface area (Å²) in [4.78, 5) is 5.40. The Balaban J connectivity index is 1.44. The lowest BCUT2D eigenvalue weighted by Gasteiger charge is -2.51. The van der Waals surface area contributed by atoms with Gasteiger partial charge in [0.05, 0.1) is 7.11 Å². The van der Waals surface area contributed by atoms with Crippen LogP contribution in [0.5, 0.6) is 5.75 Å². The lowest BCUT2D eigenvalue weighted by atomic mass is 9.75. The van der Waals surface area contributed by atoms with Crippen LogP contribution in [-0.2, 0) is 6.54 Å². The van der Waals surface area contributed by atoms with Gasteiger partial charge in [0, 0.05) is 31.1 Å². The van der Waals surface area contributed by atoms with Crippen LogP contribution in [0.15, 0.2) is 48.5 Å². The van der Waals surface area contributed by atoms with Gasteiger partial charge in [-0.1, -0.05) is 24.3 Å². The highest BCUT2D eigenvalue weighted by atomic mass is 19.1. The number of benzene rings is 2. The van der Waals surface area contributed by atoms with E-state index in [0.29, 0.717) is 18.0 Å². The highest BCUT2D eigenvalue weighted by molar-refractivity contribution is 5.33. The SMILES string of the molecule is COc1ccc([C@@H]2CN(Cc3ccc(F)cc3)[C@@H]3C4CCN(CC4)[C@@H]32)cc1. The zero-order valence-corrected chi connectivity index (χ0v) is 15.9. The quantitative estimate of drug-likeness (QED) is 0.816. The van der Waals surface area contributed by atoms with Gasteiger partial charge in [-0.15, -0.1) is 0 Å². The Morgan fingerprint density at radius 1 is 0.963 bits per heavy atom. The van der Waals surface area contributed by atoms with Gasteiger partial charge in [-0.2, -0.15) is 0 Å². The fourth-order valence-electron chi connectivity index (χ4n) is 5.69. The summed E-state index contributed by atoms with van der Waals surface area (Å²) in [5, 5.41) is 0. The van der Waals surface area contributed by atoms with Crippen molar-refractivity contribution in [3.8, 4) is 5.75 Å². The highest BCUT2D eigenvalue weighted by Gasteiger charge is 2.53. The van der Waals surface area contributed by atoms with Crippen LogP contribution >= 0.6 is 0 Å². The summed E-state index contributed by atoms with van der Waals surface area (Å²) in [5.74, 6) is 2.09. The molecule has 27 heavy (non-hydrogen) atoms. The average molecular weight is 366 g/mol. The Labute approximate surface area is 160 Å². The second-order valence-electron chi connectivity index (χ2n) is 8.29. The molecular formula is C23H27FN2O. The molecule has 0 aromatic heterocycles. The minimum atomic E-state index is -0.156. The van der Waals surface area contributed by atoms with Crippen molar-refractivity contribution in [3.63, 3.8) is 0 Å². The Morgan fingerprint density at radius 3 is 2.33 bits per heavy atom. The van der Waals surface area contributed by atoms with E-state index in [1.807, 2.05) is 12.1 Å². The monoisotopic (exact) mass is 366 g/mol. The second kappa shape index (κ2) is 6.92. The first-order valence-electron chi connectivity index (χ1n) is 10.1. The molecule has 0 unspecified atom stereocenters. The van der Waals surface area contributed by atoms with Gasteiger partial charge in [-0.05, 0) is 67.2 Å². The molecule has 142 valence electrons. The lowest BCUT2D eigenvalue weighted by Crippen LogP contribution is -2.59. The molecule has 0 spiro atoms. The van der Waals surface area contributed by atoms with Crippen LogP contribution in [0.2, 0.25) is 0 Å². The van der Waals surface area contributed by atoms with Crippen LogP contribution in [-0.4, -0.2) is 48.6 Å². The summed E-state index contributed by atoms with van der Waals surface area (Å²) in [7, 11) is 1.72. The topological polar surface area (TPSA) is 15.7 Å². The summed E-state index contributed by atoms with van der Waals surface area (Å²) in [6.45, 7) is 4.47. The number of rotatable bonds is 4. The number of hydrogen-bond donors (Lipinski definition) is 0. The molecule has 0 aliphatic carbocycles. The number of halogens is 1. The van der Waals surface area contributed by atoms with E-state index in [2.05, 4.69) is 34.1 Å². The summed E-state index contributed by atoms with van der Waals surface area (Å²) in [6.07, 6.45) is 2.63. The van der Waals surface area contributed by atoms with Crippen molar-refractivity contribution in [3.05, 3.63) is 65.5 Å². The van der Waals surface area contributed by atoms with E-state index in [-0.39, 0.29) is 5.82 Å². The Hall–Kier alpha value is -1.91. The molecule has 4 aliphatic rings. The molecule has 2 aromatic rings. The predicted octanol–water partition coefficient (Wildman–Crippen LogP) is 3.90. The molecule has 0 amide bonds. The molecular weight excluding hydrogens is 339 g/mol. The summed E-state index contributed by atoms with van der Waals surface area (Å²) < 4.78 is 18.7. The molecule has 0 radical (unpaired) electrons. The van der Waals surface area contributed by atoms with Crippen molar-refractivity contribution >= 4 is 0 Å². The van der Waals surface area contributed by atoms with Gasteiger partial charge in [0.25, 0.3) is 0 Å². The third-order valence-corrected chi connectivity index (χ3v) is 6.94. The molecule has 4 heterocycles. The molecule has 3 nitrogen and oxygen atoms in total. The van der Waals surface area contributed by atoms with E-state index in [4.69, 9.17) is 4.74 Å². The van der Waals surface area contributed by atoms with Crippen molar-refractivity contribution in [1.29, 1.82) is 0 Å². The van der Waals surface area contributed by atoms with Gasteiger partial charge in [0.1, 0.15) is 11.6 Å². The van der Waals surface area contributed by atoms with E-state index >= 15 is 0 Å². The highest BCUT2D eigenvalue weighted by Crippen LogP contribution is 2.47. The number of likely N-dealkylation sites (tertiary alicyclic amines) is 1. The normalized spacial score (nSPS) is 32.4.